The third-order valence-corrected chi connectivity index (χ3v) is 4.23. The molecule has 1 heterocycles. The fourth-order valence-corrected chi connectivity index (χ4v) is 2.93. The smallest absolute Gasteiger partial charge is 0.139 e. The van der Waals surface area contributed by atoms with Gasteiger partial charge in [-0.3, -0.25) is 0 Å². The van der Waals surface area contributed by atoms with Crippen LogP contribution in [0.5, 0.6) is 5.75 Å². The van der Waals surface area contributed by atoms with E-state index in [1.165, 1.54) is 11.3 Å². The van der Waals surface area contributed by atoms with Crippen LogP contribution in [0.1, 0.15) is 4.88 Å². The fraction of sp³-hybridized carbons (Fsp3) is 0.0909. The van der Waals surface area contributed by atoms with Crippen molar-refractivity contribution in [2.75, 3.05) is 7.11 Å². The lowest BCUT2D eigenvalue weighted by Crippen LogP contribution is -1.84. The van der Waals surface area contributed by atoms with E-state index >= 15 is 0 Å². The molecule has 0 bridgehead atoms. The molecule has 0 amide bonds. The molecule has 2 aromatic rings. The van der Waals surface area contributed by atoms with Crippen LogP contribution < -0.4 is 4.74 Å². The number of thiazole rings is 1. The predicted octanol–water partition coefficient (Wildman–Crippen LogP) is 4.11. The standard InChI is InChI=1S/C11H6BrClN2OS/c1-16-8-3-2-6(4-7(8)13)11-15-10(12)9(5-14)17-11/h2-4H,1H3. The molecule has 0 atom stereocenters. The summed E-state index contributed by atoms with van der Waals surface area (Å²) in [5.74, 6) is 0.617. The van der Waals surface area contributed by atoms with Gasteiger partial charge < -0.3 is 4.74 Å². The van der Waals surface area contributed by atoms with Crippen LogP contribution in [0.15, 0.2) is 22.8 Å². The van der Waals surface area contributed by atoms with E-state index in [9.17, 15) is 0 Å². The van der Waals surface area contributed by atoms with E-state index in [-0.39, 0.29) is 0 Å². The van der Waals surface area contributed by atoms with E-state index in [0.29, 0.717) is 20.3 Å². The Kier molecular flexibility index (Phi) is 3.67. The third kappa shape index (κ3) is 2.44. The van der Waals surface area contributed by atoms with Gasteiger partial charge in [-0.15, -0.1) is 11.3 Å². The highest BCUT2D eigenvalue weighted by molar-refractivity contribution is 9.10. The fourth-order valence-electron chi connectivity index (χ4n) is 1.29. The monoisotopic (exact) mass is 328 g/mol. The van der Waals surface area contributed by atoms with E-state index in [2.05, 4.69) is 27.0 Å². The topological polar surface area (TPSA) is 45.9 Å². The van der Waals surface area contributed by atoms with Gasteiger partial charge in [0.25, 0.3) is 0 Å². The number of nitriles is 1. The van der Waals surface area contributed by atoms with Crippen molar-refractivity contribution < 1.29 is 4.74 Å². The number of aromatic nitrogens is 1. The number of hydrogen-bond donors (Lipinski definition) is 0. The summed E-state index contributed by atoms with van der Waals surface area (Å²) in [7, 11) is 1.56. The van der Waals surface area contributed by atoms with Crippen molar-refractivity contribution in [2.45, 2.75) is 0 Å². The summed E-state index contributed by atoms with van der Waals surface area (Å²) < 4.78 is 5.64. The van der Waals surface area contributed by atoms with Crippen LogP contribution in [-0.4, -0.2) is 12.1 Å². The van der Waals surface area contributed by atoms with Gasteiger partial charge in [0.2, 0.25) is 0 Å². The van der Waals surface area contributed by atoms with Crippen molar-refractivity contribution >= 4 is 38.9 Å². The minimum atomic E-state index is 0.523. The average molecular weight is 330 g/mol. The third-order valence-electron chi connectivity index (χ3n) is 2.09. The average Bonchev–Trinajstić information content (AvgIpc) is 2.70. The molecule has 17 heavy (non-hydrogen) atoms. The van der Waals surface area contributed by atoms with E-state index < -0.39 is 0 Å². The summed E-state index contributed by atoms with van der Waals surface area (Å²) in [4.78, 5) is 4.81. The van der Waals surface area contributed by atoms with E-state index in [0.717, 1.165) is 10.6 Å². The van der Waals surface area contributed by atoms with Crippen LogP contribution in [-0.2, 0) is 0 Å². The van der Waals surface area contributed by atoms with E-state index in [4.69, 9.17) is 21.6 Å². The first-order valence-electron chi connectivity index (χ1n) is 4.56. The molecule has 0 aliphatic rings. The van der Waals surface area contributed by atoms with Crippen LogP contribution in [0.4, 0.5) is 0 Å². The number of hydrogen-bond acceptors (Lipinski definition) is 4. The molecule has 0 aliphatic carbocycles. The Morgan fingerprint density at radius 2 is 2.29 bits per heavy atom. The molecule has 86 valence electrons. The van der Waals surface area contributed by atoms with Crippen molar-refractivity contribution in [1.82, 2.24) is 4.98 Å². The van der Waals surface area contributed by atoms with Crippen molar-refractivity contribution in [3.05, 3.63) is 32.7 Å². The zero-order valence-corrected chi connectivity index (χ0v) is 11.9. The molecule has 0 radical (unpaired) electrons. The predicted molar refractivity (Wildman–Crippen MR) is 71.5 cm³/mol. The Balaban J connectivity index is 2.47. The van der Waals surface area contributed by atoms with Crippen molar-refractivity contribution in [3.63, 3.8) is 0 Å². The van der Waals surface area contributed by atoms with Gasteiger partial charge in [0, 0.05) is 5.56 Å². The summed E-state index contributed by atoms with van der Waals surface area (Å²) in [6, 6.07) is 7.48. The number of benzene rings is 1. The number of halogens is 2. The molecule has 1 aromatic heterocycles. The van der Waals surface area contributed by atoms with E-state index in [1.807, 2.05) is 6.07 Å². The molecule has 1 aromatic carbocycles. The molecule has 6 heteroatoms. The van der Waals surface area contributed by atoms with Gasteiger partial charge in [-0.05, 0) is 34.1 Å². The van der Waals surface area contributed by atoms with Gasteiger partial charge in [0.05, 0.1) is 12.1 Å². The molecule has 0 saturated heterocycles. The second-order valence-corrected chi connectivity index (χ2v) is 5.26. The maximum Gasteiger partial charge on any atom is 0.139 e. The number of ether oxygens (including phenoxy) is 1. The number of methoxy groups -OCH3 is 1. The first-order chi connectivity index (χ1) is 8.15. The zero-order chi connectivity index (χ0) is 12.4. The number of nitrogens with zero attached hydrogens (tertiary/aromatic N) is 2. The summed E-state index contributed by atoms with van der Waals surface area (Å²) in [6.07, 6.45) is 0. The molecule has 0 aliphatic heterocycles. The molecular weight excluding hydrogens is 324 g/mol. The van der Waals surface area contributed by atoms with Gasteiger partial charge in [-0.2, -0.15) is 5.26 Å². The minimum absolute atomic E-state index is 0.523. The number of rotatable bonds is 2. The van der Waals surface area contributed by atoms with Crippen LogP contribution in [0.2, 0.25) is 5.02 Å². The van der Waals surface area contributed by atoms with Crippen LogP contribution >= 0.6 is 38.9 Å². The van der Waals surface area contributed by atoms with Crippen molar-refractivity contribution in [3.8, 4) is 22.4 Å². The largest absolute Gasteiger partial charge is 0.495 e. The maximum atomic E-state index is 8.86. The lowest BCUT2D eigenvalue weighted by atomic mass is 10.2. The van der Waals surface area contributed by atoms with Crippen molar-refractivity contribution in [2.24, 2.45) is 0 Å². The SMILES string of the molecule is COc1ccc(-c2nc(Br)c(C#N)s2)cc1Cl. The molecule has 0 spiro atoms. The molecule has 2 rings (SSSR count). The lowest BCUT2D eigenvalue weighted by molar-refractivity contribution is 0.415. The van der Waals surface area contributed by atoms with Gasteiger partial charge in [-0.25, -0.2) is 4.98 Å². The van der Waals surface area contributed by atoms with Crippen LogP contribution in [0.3, 0.4) is 0 Å². The summed E-state index contributed by atoms with van der Waals surface area (Å²) >= 11 is 10.6. The van der Waals surface area contributed by atoms with Gasteiger partial charge in [-0.1, -0.05) is 11.6 Å². The molecule has 3 nitrogen and oxygen atoms in total. The minimum Gasteiger partial charge on any atom is -0.495 e. The van der Waals surface area contributed by atoms with Crippen LogP contribution in [0.25, 0.3) is 10.6 Å². The first kappa shape index (κ1) is 12.4. The van der Waals surface area contributed by atoms with Crippen molar-refractivity contribution in [1.29, 1.82) is 5.26 Å². The highest BCUT2D eigenvalue weighted by Crippen LogP contribution is 2.34. The normalized spacial score (nSPS) is 10.0. The highest BCUT2D eigenvalue weighted by Gasteiger charge is 2.11. The Hall–Kier alpha value is -1.09. The van der Waals surface area contributed by atoms with Crippen LogP contribution in [0, 0.1) is 11.3 Å². The molecule has 0 saturated carbocycles. The quantitative estimate of drug-likeness (QED) is 0.833. The molecule has 0 N–H and O–H groups in total. The maximum absolute atomic E-state index is 8.86. The lowest BCUT2D eigenvalue weighted by Gasteiger charge is -2.03. The highest BCUT2D eigenvalue weighted by atomic mass is 79.9. The summed E-state index contributed by atoms with van der Waals surface area (Å²) in [5.41, 5.74) is 0.864. The first-order valence-corrected chi connectivity index (χ1v) is 6.54. The molecular formula is C11H6BrClN2OS. The summed E-state index contributed by atoms with van der Waals surface area (Å²) in [6.45, 7) is 0. The Morgan fingerprint density at radius 3 is 2.82 bits per heavy atom. The van der Waals surface area contributed by atoms with Gasteiger partial charge >= 0.3 is 0 Å². The summed E-state index contributed by atoms with van der Waals surface area (Å²) in [5, 5.41) is 10.1. The Bertz CT molecular complexity index is 606. The Morgan fingerprint density at radius 1 is 1.53 bits per heavy atom. The van der Waals surface area contributed by atoms with E-state index in [1.54, 1.807) is 19.2 Å². The zero-order valence-electron chi connectivity index (χ0n) is 8.70. The van der Waals surface area contributed by atoms with Gasteiger partial charge in [0.15, 0.2) is 0 Å². The second-order valence-electron chi connectivity index (χ2n) is 3.10. The molecule has 0 fully saturated rings. The molecule has 0 unspecified atom stereocenters. The Labute approximate surface area is 116 Å². The second kappa shape index (κ2) is 5.05. The van der Waals surface area contributed by atoms with Gasteiger partial charge in [0.1, 0.15) is 26.3 Å².